The van der Waals surface area contributed by atoms with E-state index in [0.29, 0.717) is 29.3 Å². The summed E-state index contributed by atoms with van der Waals surface area (Å²) in [5.74, 6) is 2.29. The molecule has 0 amide bonds. The first-order valence-electron chi connectivity index (χ1n) is 11.0. The first kappa shape index (κ1) is 27.7. The van der Waals surface area contributed by atoms with Gasteiger partial charge in [0.1, 0.15) is 11.5 Å². The topological polar surface area (TPSA) is 46.5 Å². The van der Waals surface area contributed by atoms with Gasteiger partial charge in [0.2, 0.25) is 0 Å². The van der Waals surface area contributed by atoms with E-state index in [-0.39, 0.29) is 11.4 Å². The molecular formula is C27H42O3. The number of carbonyl (C=O) groups excluding carboxylic acids is 1. The van der Waals surface area contributed by atoms with Gasteiger partial charge in [0.05, 0.1) is 0 Å². The molecule has 0 saturated heterocycles. The molecule has 1 N–H and O–H groups in total. The first-order valence-corrected chi connectivity index (χ1v) is 11.0. The van der Waals surface area contributed by atoms with E-state index < -0.39 is 0 Å². The van der Waals surface area contributed by atoms with E-state index >= 15 is 0 Å². The molecule has 0 heterocycles. The molecule has 0 aliphatic carbocycles. The number of hydrogen-bond acceptors (Lipinski definition) is 3. The summed E-state index contributed by atoms with van der Waals surface area (Å²) in [6, 6.07) is 15.2. The zero-order chi connectivity index (χ0) is 23.5. The van der Waals surface area contributed by atoms with Crippen LogP contribution in [0, 0.1) is 11.3 Å². The molecule has 1 atom stereocenters. The number of phenols is 1. The number of carbonyl (C=O) groups is 1. The minimum absolute atomic E-state index is 0.239. The molecule has 0 aromatic heterocycles. The molecule has 0 saturated carbocycles. The maximum Gasteiger partial charge on any atom is 0.308 e. The van der Waals surface area contributed by atoms with Gasteiger partial charge in [0, 0.05) is 6.92 Å². The van der Waals surface area contributed by atoms with Crippen molar-refractivity contribution in [1.29, 1.82) is 0 Å². The molecule has 0 bridgehead atoms. The Labute approximate surface area is 184 Å². The van der Waals surface area contributed by atoms with E-state index in [4.69, 9.17) is 9.84 Å². The lowest BCUT2D eigenvalue weighted by Crippen LogP contribution is -2.26. The second-order valence-electron chi connectivity index (χ2n) is 8.61. The van der Waals surface area contributed by atoms with E-state index in [1.807, 2.05) is 50.2 Å². The van der Waals surface area contributed by atoms with Gasteiger partial charge >= 0.3 is 5.97 Å². The van der Waals surface area contributed by atoms with Crippen molar-refractivity contribution >= 4 is 5.97 Å². The maximum atomic E-state index is 10.9. The molecular weight excluding hydrogens is 372 g/mol. The molecule has 0 aliphatic heterocycles. The number of esters is 1. The van der Waals surface area contributed by atoms with Crippen LogP contribution in [0.25, 0.3) is 0 Å². The lowest BCUT2D eigenvalue weighted by atomic mass is 9.69. The zero-order valence-electron chi connectivity index (χ0n) is 20.6. The lowest BCUT2D eigenvalue weighted by molar-refractivity contribution is -0.131. The van der Waals surface area contributed by atoms with Gasteiger partial charge in [-0.2, -0.15) is 0 Å². The van der Waals surface area contributed by atoms with Crippen molar-refractivity contribution in [3.63, 3.8) is 0 Å². The molecule has 1 unspecified atom stereocenters. The SMILES string of the molecule is CC.CC(=O)Oc1ccc(C(C)C(C)(C)C(C)C)cc1.CC(C)c1ccc(O)cc1. The van der Waals surface area contributed by atoms with Gasteiger partial charge < -0.3 is 9.84 Å². The number of aromatic hydroxyl groups is 1. The molecule has 0 aliphatic rings. The average Bonchev–Trinajstić information content (AvgIpc) is 2.70. The lowest BCUT2D eigenvalue weighted by Gasteiger charge is -2.36. The number of hydrogen-bond donors (Lipinski definition) is 1. The average molecular weight is 415 g/mol. The summed E-state index contributed by atoms with van der Waals surface area (Å²) in [4.78, 5) is 10.9. The third-order valence-electron chi connectivity index (χ3n) is 5.81. The quantitative estimate of drug-likeness (QED) is 0.399. The van der Waals surface area contributed by atoms with E-state index in [9.17, 15) is 4.79 Å². The summed E-state index contributed by atoms with van der Waals surface area (Å²) in [6.45, 7) is 21.0. The van der Waals surface area contributed by atoms with Crippen LogP contribution in [0.5, 0.6) is 11.5 Å². The van der Waals surface area contributed by atoms with Crippen molar-refractivity contribution in [2.24, 2.45) is 11.3 Å². The van der Waals surface area contributed by atoms with Crippen LogP contribution in [0.3, 0.4) is 0 Å². The fourth-order valence-electron chi connectivity index (χ4n) is 2.78. The van der Waals surface area contributed by atoms with Gasteiger partial charge in [-0.3, -0.25) is 4.79 Å². The maximum absolute atomic E-state index is 10.9. The van der Waals surface area contributed by atoms with Gasteiger partial charge in [-0.1, -0.05) is 86.6 Å². The number of rotatable bonds is 5. The molecule has 0 radical (unpaired) electrons. The molecule has 0 fully saturated rings. The van der Waals surface area contributed by atoms with Crippen molar-refractivity contribution in [3.8, 4) is 11.5 Å². The molecule has 30 heavy (non-hydrogen) atoms. The normalized spacial score (nSPS) is 11.7. The summed E-state index contributed by atoms with van der Waals surface area (Å²) in [6.07, 6.45) is 0. The highest BCUT2D eigenvalue weighted by atomic mass is 16.5. The third kappa shape index (κ3) is 9.02. The fraction of sp³-hybridized carbons (Fsp3) is 0.519. The smallest absolute Gasteiger partial charge is 0.308 e. The highest BCUT2D eigenvalue weighted by Crippen LogP contribution is 2.41. The summed E-state index contributed by atoms with van der Waals surface area (Å²) in [7, 11) is 0. The van der Waals surface area contributed by atoms with Crippen molar-refractivity contribution in [2.75, 3.05) is 0 Å². The Bertz CT molecular complexity index is 726. The van der Waals surface area contributed by atoms with Crippen molar-refractivity contribution in [3.05, 3.63) is 59.7 Å². The number of phenolic OH excluding ortho intramolecular Hbond substituents is 1. The summed E-state index contributed by atoms with van der Waals surface area (Å²) < 4.78 is 5.04. The van der Waals surface area contributed by atoms with E-state index in [1.165, 1.54) is 18.1 Å². The van der Waals surface area contributed by atoms with Crippen LogP contribution in [0.15, 0.2) is 48.5 Å². The minimum atomic E-state index is -0.279. The van der Waals surface area contributed by atoms with Crippen LogP contribution in [0.2, 0.25) is 0 Å². The molecule has 3 nitrogen and oxygen atoms in total. The van der Waals surface area contributed by atoms with E-state index in [2.05, 4.69) is 48.5 Å². The van der Waals surface area contributed by atoms with Crippen LogP contribution in [-0.2, 0) is 4.79 Å². The Hall–Kier alpha value is -2.29. The van der Waals surface area contributed by atoms with Crippen LogP contribution in [0.1, 0.15) is 92.2 Å². The molecule has 168 valence electrons. The highest BCUT2D eigenvalue weighted by molar-refractivity contribution is 5.69. The van der Waals surface area contributed by atoms with Gasteiger partial charge in [-0.05, 0) is 58.6 Å². The second-order valence-corrected chi connectivity index (χ2v) is 8.61. The number of ether oxygens (including phenoxy) is 1. The molecule has 3 heteroatoms. The Balaban J connectivity index is 0.000000590. The third-order valence-corrected chi connectivity index (χ3v) is 5.81. The summed E-state index contributed by atoms with van der Waals surface area (Å²) in [5.41, 5.74) is 2.78. The molecule has 0 spiro atoms. The predicted molar refractivity (Wildman–Crippen MR) is 128 cm³/mol. The van der Waals surface area contributed by atoms with Crippen LogP contribution >= 0.6 is 0 Å². The van der Waals surface area contributed by atoms with Gasteiger partial charge in [-0.25, -0.2) is 0 Å². The Morgan fingerprint density at radius 3 is 1.63 bits per heavy atom. The van der Waals surface area contributed by atoms with Crippen molar-refractivity contribution < 1.29 is 14.6 Å². The van der Waals surface area contributed by atoms with E-state index in [0.717, 1.165) is 0 Å². The second kappa shape index (κ2) is 13.1. The van der Waals surface area contributed by atoms with Crippen molar-refractivity contribution in [1.82, 2.24) is 0 Å². The Morgan fingerprint density at radius 2 is 1.27 bits per heavy atom. The minimum Gasteiger partial charge on any atom is -0.508 e. The summed E-state index contributed by atoms with van der Waals surface area (Å²) in [5, 5.41) is 8.94. The van der Waals surface area contributed by atoms with Crippen LogP contribution < -0.4 is 4.74 Å². The summed E-state index contributed by atoms with van der Waals surface area (Å²) >= 11 is 0. The van der Waals surface area contributed by atoms with E-state index in [1.54, 1.807) is 12.1 Å². The largest absolute Gasteiger partial charge is 0.508 e. The predicted octanol–water partition coefficient (Wildman–Crippen LogP) is 7.94. The first-order chi connectivity index (χ1) is 13.9. The molecule has 2 rings (SSSR count). The van der Waals surface area contributed by atoms with Crippen LogP contribution in [0.4, 0.5) is 0 Å². The Morgan fingerprint density at radius 1 is 0.833 bits per heavy atom. The zero-order valence-corrected chi connectivity index (χ0v) is 20.6. The molecule has 2 aromatic rings. The van der Waals surface area contributed by atoms with Gasteiger partial charge in [0.25, 0.3) is 0 Å². The van der Waals surface area contributed by atoms with Crippen molar-refractivity contribution in [2.45, 2.75) is 81.1 Å². The highest BCUT2D eigenvalue weighted by Gasteiger charge is 2.30. The molecule has 2 aromatic carbocycles. The van der Waals surface area contributed by atoms with Gasteiger partial charge in [0.15, 0.2) is 0 Å². The monoisotopic (exact) mass is 414 g/mol. The van der Waals surface area contributed by atoms with Gasteiger partial charge in [-0.15, -0.1) is 0 Å². The number of benzene rings is 2. The van der Waals surface area contributed by atoms with Crippen LogP contribution in [-0.4, -0.2) is 11.1 Å². The Kier molecular flexibility index (Phi) is 12.1. The standard InChI is InChI=1S/C16H24O2.C9H12O.C2H6/c1-11(2)16(5,6)12(3)14-7-9-15(10-8-14)18-13(4)17;1-7(2)8-3-5-9(10)6-4-8;1-2/h7-12H,1-6H3;3-7,10H,1-2H3;1-2H3. The fourth-order valence-corrected chi connectivity index (χ4v) is 2.78.